The largest absolute Gasteiger partial charge is 0.494 e. The van der Waals surface area contributed by atoms with Gasteiger partial charge < -0.3 is 15.4 Å². The van der Waals surface area contributed by atoms with Crippen molar-refractivity contribution in [3.05, 3.63) is 29.8 Å². The van der Waals surface area contributed by atoms with E-state index in [1.54, 1.807) is 0 Å². The van der Waals surface area contributed by atoms with Crippen LogP contribution in [-0.4, -0.2) is 25.7 Å². The van der Waals surface area contributed by atoms with Gasteiger partial charge in [0.25, 0.3) is 0 Å². The van der Waals surface area contributed by atoms with E-state index in [4.69, 9.17) is 4.74 Å². The van der Waals surface area contributed by atoms with Crippen LogP contribution in [0.2, 0.25) is 0 Å². The zero-order valence-corrected chi connectivity index (χ0v) is 14.1. The summed E-state index contributed by atoms with van der Waals surface area (Å²) in [6, 6.07) is 8.89. The van der Waals surface area contributed by atoms with Crippen LogP contribution in [-0.2, 0) is 6.54 Å². The Labute approximate surface area is 130 Å². The fourth-order valence-electron chi connectivity index (χ4n) is 1.99. The van der Waals surface area contributed by atoms with Gasteiger partial charge >= 0.3 is 0 Å². The van der Waals surface area contributed by atoms with Crippen molar-refractivity contribution < 1.29 is 4.74 Å². The zero-order chi connectivity index (χ0) is 15.5. The Morgan fingerprint density at radius 2 is 1.76 bits per heavy atom. The zero-order valence-electron chi connectivity index (χ0n) is 14.1. The summed E-state index contributed by atoms with van der Waals surface area (Å²) in [5.41, 5.74) is 1.30. The smallest absolute Gasteiger partial charge is 0.119 e. The standard InChI is InChI=1S/C18H32N2O/c1-5-6-11-21-18-9-7-17(8-10-18)14-20-16(4)13-19-12-15(2)3/h7-10,15-16,19-20H,5-6,11-14H2,1-4H3. The molecule has 120 valence electrons. The topological polar surface area (TPSA) is 33.3 Å². The van der Waals surface area contributed by atoms with Crippen LogP contribution in [0.1, 0.15) is 46.1 Å². The molecule has 2 N–H and O–H groups in total. The highest BCUT2D eigenvalue weighted by molar-refractivity contribution is 5.27. The van der Waals surface area contributed by atoms with Crippen molar-refractivity contribution in [2.75, 3.05) is 19.7 Å². The highest BCUT2D eigenvalue weighted by atomic mass is 16.5. The highest BCUT2D eigenvalue weighted by Gasteiger charge is 2.02. The minimum atomic E-state index is 0.476. The minimum Gasteiger partial charge on any atom is -0.494 e. The van der Waals surface area contributed by atoms with Crippen LogP contribution in [0.25, 0.3) is 0 Å². The lowest BCUT2D eigenvalue weighted by atomic mass is 10.2. The van der Waals surface area contributed by atoms with Gasteiger partial charge in [0.05, 0.1) is 6.61 Å². The number of nitrogens with one attached hydrogen (secondary N) is 2. The lowest BCUT2D eigenvalue weighted by Gasteiger charge is -2.16. The number of hydrogen-bond donors (Lipinski definition) is 2. The van der Waals surface area contributed by atoms with Gasteiger partial charge in [-0.15, -0.1) is 0 Å². The fourth-order valence-corrected chi connectivity index (χ4v) is 1.99. The van der Waals surface area contributed by atoms with Crippen LogP contribution < -0.4 is 15.4 Å². The predicted octanol–water partition coefficient (Wildman–Crippen LogP) is 3.59. The van der Waals surface area contributed by atoms with Gasteiger partial charge in [-0.1, -0.05) is 39.3 Å². The number of ether oxygens (including phenoxy) is 1. The number of unbranched alkanes of at least 4 members (excludes halogenated alkanes) is 1. The first-order valence-corrected chi connectivity index (χ1v) is 8.27. The molecule has 1 atom stereocenters. The van der Waals surface area contributed by atoms with Gasteiger partial charge in [-0.25, -0.2) is 0 Å². The summed E-state index contributed by atoms with van der Waals surface area (Å²) >= 11 is 0. The molecule has 0 bridgehead atoms. The second-order valence-corrected chi connectivity index (χ2v) is 6.18. The van der Waals surface area contributed by atoms with E-state index in [0.717, 1.165) is 38.4 Å². The Balaban J connectivity index is 2.22. The normalized spacial score (nSPS) is 12.6. The van der Waals surface area contributed by atoms with E-state index in [0.29, 0.717) is 12.0 Å². The third-order valence-electron chi connectivity index (χ3n) is 3.35. The van der Waals surface area contributed by atoms with Crippen molar-refractivity contribution in [1.29, 1.82) is 0 Å². The van der Waals surface area contributed by atoms with Crippen LogP contribution in [0.15, 0.2) is 24.3 Å². The molecular weight excluding hydrogens is 260 g/mol. The third-order valence-corrected chi connectivity index (χ3v) is 3.35. The van der Waals surface area contributed by atoms with Gasteiger partial charge in [-0.2, -0.15) is 0 Å². The van der Waals surface area contributed by atoms with E-state index in [-0.39, 0.29) is 0 Å². The average Bonchev–Trinajstić information content (AvgIpc) is 2.46. The van der Waals surface area contributed by atoms with Gasteiger partial charge in [-0.3, -0.25) is 0 Å². The average molecular weight is 292 g/mol. The molecule has 21 heavy (non-hydrogen) atoms. The summed E-state index contributed by atoms with van der Waals surface area (Å²) in [7, 11) is 0. The van der Waals surface area contributed by atoms with Gasteiger partial charge in [0.1, 0.15) is 5.75 Å². The molecule has 0 saturated heterocycles. The van der Waals surface area contributed by atoms with E-state index in [2.05, 4.69) is 62.6 Å². The first-order chi connectivity index (χ1) is 10.1. The van der Waals surface area contributed by atoms with Gasteiger partial charge in [0, 0.05) is 19.1 Å². The van der Waals surface area contributed by atoms with E-state index in [9.17, 15) is 0 Å². The molecule has 1 aromatic carbocycles. The van der Waals surface area contributed by atoms with E-state index >= 15 is 0 Å². The molecule has 1 rings (SSSR count). The summed E-state index contributed by atoms with van der Waals surface area (Å²) in [4.78, 5) is 0. The molecule has 1 aromatic rings. The number of rotatable bonds is 11. The van der Waals surface area contributed by atoms with Crippen molar-refractivity contribution in [3.63, 3.8) is 0 Å². The molecule has 0 saturated carbocycles. The Morgan fingerprint density at radius 3 is 2.38 bits per heavy atom. The fraction of sp³-hybridized carbons (Fsp3) is 0.667. The first-order valence-electron chi connectivity index (χ1n) is 8.27. The molecule has 3 heteroatoms. The minimum absolute atomic E-state index is 0.476. The van der Waals surface area contributed by atoms with Gasteiger partial charge in [0.2, 0.25) is 0 Å². The molecule has 0 radical (unpaired) electrons. The molecule has 0 heterocycles. The third kappa shape index (κ3) is 8.74. The van der Waals surface area contributed by atoms with E-state index in [1.165, 1.54) is 12.0 Å². The number of hydrogen-bond acceptors (Lipinski definition) is 3. The van der Waals surface area contributed by atoms with Crippen LogP contribution in [0.3, 0.4) is 0 Å². The molecule has 3 nitrogen and oxygen atoms in total. The molecule has 0 amide bonds. The predicted molar refractivity (Wildman–Crippen MR) is 90.9 cm³/mol. The molecule has 0 aliphatic rings. The molecular formula is C18H32N2O. The molecule has 1 unspecified atom stereocenters. The summed E-state index contributed by atoms with van der Waals surface area (Å²) in [6.45, 7) is 12.7. The first kappa shape index (κ1) is 18.0. The molecule has 0 fully saturated rings. The van der Waals surface area contributed by atoms with Gasteiger partial charge in [0.15, 0.2) is 0 Å². The second kappa shape index (κ2) is 10.6. The summed E-state index contributed by atoms with van der Waals surface area (Å²) < 4.78 is 5.67. The Morgan fingerprint density at radius 1 is 1.05 bits per heavy atom. The lowest BCUT2D eigenvalue weighted by Crippen LogP contribution is -2.37. The summed E-state index contributed by atoms with van der Waals surface area (Å²) in [5.74, 6) is 1.68. The maximum Gasteiger partial charge on any atom is 0.119 e. The van der Waals surface area contributed by atoms with E-state index in [1.807, 2.05) is 0 Å². The summed E-state index contributed by atoms with van der Waals surface area (Å²) in [5, 5.41) is 7.02. The summed E-state index contributed by atoms with van der Waals surface area (Å²) in [6.07, 6.45) is 2.29. The Hall–Kier alpha value is -1.06. The van der Waals surface area contributed by atoms with Crippen molar-refractivity contribution in [1.82, 2.24) is 10.6 Å². The van der Waals surface area contributed by atoms with E-state index < -0.39 is 0 Å². The van der Waals surface area contributed by atoms with Crippen molar-refractivity contribution in [3.8, 4) is 5.75 Å². The maximum absolute atomic E-state index is 5.67. The molecule has 0 aromatic heterocycles. The quantitative estimate of drug-likeness (QED) is 0.612. The number of benzene rings is 1. The van der Waals surface area contributed by atoms with Crippen molar-refractivity contribution in [2.45, 2.75) is 53.1 Å². The Kier molecular flexibility index (Phi) is 9.11. The van der Waals surface area contributed by atoms with Crippen molar-refractivity contribution >= 4 is 0 Å². The highest BCUT2D eigenvalue weighted by Crippen LogP contribution is 2.12. The molecule has 0 spiro atoms. The van der Waals surface area contributed by atoms with Crippen LogP contribution in [0.5, 0.6) is 5.75 Å². The van der Waals surface area contributed by atoms with Crippen LogP contribution in [0.4, 0.5) is 0 Å². The SMILES string of the molecule is CCCCOc1ccc(CNC(C)CNCC(C)C)cc1. The van der Waals surface area contributed by atoms with Crippen molar-refractivity contribution in [2.24, 2.45) is 5.92 Å². The monoisotopic (exact) mass is 292 g/mol. The van der Waals surface area contributed by atoms with Gasteiger partial charge in [-0.05, 0) is 43.5 Å². The molecule has 0 aliphatic carbocycles. The maximum atomic E-state index is 5.67. The van der Waals surface area contributed by atoms with Crippen LogP contribution >= 0.6 is 0 Å². The molecule has 0 aliphatic heterocycles. The Bertz CT molecular complexity index is 362. The van der Waals surface area contributed by atoms with Crippen LogP contribution in [0, 0.1) is 5.92 Å². The second-order valence-electron chi connectivity index (χ2n) is 6.18. The lowest BCUT2D eigenvalue weighted by molar-refractivity contribution is 0.309.